The maximum Gasteiger partial charge on any atom is 0.238 e. The highest BCUT2D eigenvalue weighted by molar-refractivity contribution is 7.89. The van der Waals surface area contributed by atoms with Crippen LogP contribution in [-0.2, 0) is 22.9 Å². The minimum absolute atomic E-state index is 0.129. The summed E-state index contributed by atoms with van der Waals surface area (Å²) in [6, 6.07) is 11.2. The fraction of sp³-hybridized carbons (Fsp3) is 0.389. The van der Waals surface area contributed by atoms with E-state index in [4.69, 9.17) is 5.14 Å². The Morgan fingerprint density at radius 3 is 2.46 bits per heavy atom. The summed E-state index contributed by atoms with van der Waals surface area (Å²) in [5.41, 5.74) is 1.03. The minimum atomic E-state index is -3.64. The molecule has 2 aromatic rings. The number of hydrogen-bond donors (Lipinski definition) is 3. The average Bonchev–Trinajstić information content (AvgIpc) is 2.98. The lowest BCUT2D eigenvalue weighted by molar-refractivity contribution is 0.598. The summed E-state index contributed by atoms with van der Waals surface area (Å²) in [5, 5.41) is 11.8. The number of primary sulfonamides is 1. The van der Waals surface area contributed by atoms with Gasteiger partial charge in [0.15, 0.2) is 5.96 Å². The smallest absolute Gasteiger partial charge is 0.238 e. The third-order valence-electron chi connectivity index (χ3n) is 3.87. The molecule has 6 nitrogen and oxygen atoms in total. The zero-order valence-electron chi connectivity index (χ0n) is 15.3. The van der Waals surface area contributed by atoms with Crippen LogP contribution in [0.1, 0.15) is 22.2 Å². The van der Waals surface area contributed by atoms with Crippen molar-refractivity contribution in [1.29, 1.82) is 0 Å². The van der Waals surface area contributed by atoms with E-state index in [-0.39, 0.29) is 10.9 Å². The van der Waals surface area contributed by atoms with E-state index in [1.807, 2.05) is 11.3 Å². The SMILES string of the molecule is CN=C(NCCc1ccc(S(N)(=O)=O)cc1)NC(C)Cc1ccc(C)s1. The van der Waals surface area contributed by atoms with Gasteiger partial charge < -0.3 is 10.6 Å². The van der Waals surface area contributed by atoms with Gasteiger partial charge in [-0.1, -0.05) is 12.1 Å². The summed E-state index contributed by atoms with van der Waals surface area (Å²) in [5.74, 6) is 0.756. The molecule has 0 saturated heterocycles. The van der Waals surface area contributed by atoms with Crippen molar-refractivity contribution in [3.05, 3.63) is 51.7 Å². The van der Waals surface area contributed by atoms with Crippen LogP contribution in [0.4, 0.5) is 0 Å². The number of hydrogen-bond acceptors (Lipinski definition) is 4. The summed E-state index contributed by atoms with van der Waals surface area (Å²) in [4.78, 5) is 7.06. The quantitative estimate of drug-likeness (QED) is 0.495. The molecule has 2 rings (SSSR count). The van der Waals surface area contributed by atoms with Crippen molar-refractivity contribution < 1.29 is 8.42 Å². The van der Waals surface area contributed by atoms with E-state index in [1.54, 1.807) is 19.2 Å². The molecule has 0 bridgehead atoms. The summed E-state index contributed by atoms with van der Waals surface area (Å²) in [7, 11) is -1.89. The van der Waals surface area contributed by atoms with E-state index < -0.39 is 10.0 Å². The number of nitrogens with zero attached hydrogens (tertiary/aromatic N) is 1. The Bertz CT molecular complexity index is 842. The first kappa shape index (κ1) is 20.4. The number of aliphatic imine (C=N–C) groups is 1. The molecular weight excluding hydrogens is 368 g/mol. The Balaban J connectivity index is 1.79. The average molecular weight is 395 g/mol. The van der Waals surface area contributed by atoms with Gasteiger partial charge in [0, 0.05) is 35.8 Å². The van der Waals surface area contributed by atoms with Crippen LogP contribution >= 0.6 is 11.3 Å². The molecule has 0 spiro atoms. The summed E-state index contributed by atoms with van der Waals surface area (Å²) in [6.07, 6.45) is 1.71. The molecule has 4 N–H and O–H groups in total. The van der Waals surface area contributed by atoms with Gasteiger partial charge in [-0.2, -0.15) is 0 Å². The second kappa shape index (κ2) is 9.16. The Morgan fingerprint density at radius 2 is 1.92 bits per heavy atom. The molecule has 1 heterocycles. The molecule has 1 aromatic carbocycles. The zero-order valence-corrected chi connectivity index (χ0v) is 17.0. The van der Waals surface area contributed by atoms with Crippen LogP contribution in [0.15, 0.2) is 46.3 Å². The monoisotopic (exact) mass is 394 g/mol. The molecule has 142 valence electrons. The maximum absolute atomic E-state index is 11.3. The molecule has 8 heteroatoms. The number of thiophene rings is 1. The van der Waals surface area contributed by atoms with E-state index in [1.165, 1.54) is 21.9 Å². The van der Waals surface area contributed by atoms with Crippen molar-refractivity contribution in [1.82, 2.24) is 10.6 Å². The second-order valence-electron chi connectivity index (χ2n) is 6.20. The van der Waals surface area contributed by atoms with Crippen LogP contribution in [0.3, 0.4) is 0 Å². The van der Waals surface area contributed by atoms with Gasteiger partial charge in [-0.05, 0) is 50.1 Å². The van der Waals surface area contributed by atoms with Crippen molar-refractivity contribution in [3.8, 4) is 0 Å². The number of guanidine groups is 1. The lowest BCUT2D eigenvalue weighted by atomic mass is 10.1. The molecule has 1 unspecified atom stereocenters. The first-order valence-electron chi connectivity index (χ1n) is 8.42. The highest BCUT2D eigenvalue weighted by atomic mass is 32.2. The number of nitrogens with one attached hydrogen (secondary N) is 2. The maximum atomic E-state index is 11.3. The van der Waals surface area contributed by atoms with Gasteiger partial charge in [0.05, 0.1) is 4.90 Å². The van der Waals surface area contributed by atoms with E-state index in [0.717, 1.165) is 24.4 Å². The van der Waals surface area contributed by atoms with Crippen molar-refractivity contribution >= 4 is 27.3 Å². The summed E-state index contributed by atoms with van der Waals surface area (Å²) in [6.45, 7) is 4.94. The van der Waals surface area contributed by atoms with E-state index in [0.29, 0.717) is 6.54 Å². The van der Waals surface area contributed by atoms with Gasteiger partial charge in [-0.15, -0.1) is 11.3 Å². The van der Waals surface area contributed by atoms with Gasteiger partial charge in [0.1, 0.15) is 0 Å². The molecule has 1 aromatic heterocycles. The lowest BCUT2D eigenvalue weighted by Crippen LogP contribution is -2.43. The molecule has 0 aliphatic rings. The van der Waals surface area contributed by atoms with Gasteiger partial charge in [0.2, 0.25) is 10.0 Å². The standard InChI is InChI=1S/C18H26N4O2S2/c1-13(12-16-7-4-14(2)25-16)22-18(20-3)21-11-10-15-5-8-17(9-6-15)26(19,23)24/h4-9,13H,10-12H2,1-3H3,(H2,19,23,24)(H2,20,21,22). The first-order valence-corrected chi connectivity index (χ1v) is 10.8. The van der Waals surface area contributed by atoms with Gasteiger partial charge in [-0.25, -0.2) is 13.6 Å². The summed E-state index contributed by atoms with van der Waals surface area (Å²) < 4.78 is 22.5. The van der Waals surface area contributed by atoms with Gasteiger partial charge >= 0.3 is 0 Å². The van der Waals surface area contributed by atoms with E-state index in [9.17, 15) is 8.42 Å². The summed E-state index contributed by atoms with van der Waals surface area (Å²) >= 11 is 1.82. The zero-order chi connectivity index (χ0) is 19.2. The highest BCUT2D eigenvalue weighted by Crippen LogP contribution is 2.16. The molecule has 0 aliphatic carbocycles. The van der Waals surface area contributed by atoms with Crippen LogP contribution in [0.2, 0.25) is 0 Å². The highest BCUT2D eigenvalue weighted by Gasteiger charge is 2.09. The number of benzene rings is 1. The number of nitrogens with two attached hydrogens (primary N) is 1. The fourth-order valence-electron chi connectivity index (χ4n) is 2.55. The minimum Gasteiger partial charge on any atom is -0.356 e. The number of aryl methyl sites for hydroxylation is 1. The predicted octanol–water partition coefficient (Wildman–Crippen LogP) is 2.04. The topological polar surface area (TPSA) is 96.6 Å². The largest absolute Gasteiger partial charge is 0.356 e. The normalized spacial score (nSPS) is 13.5. The third kappa shape index (κ3) is 6.44. The van der Waals surface area contributed by atoms with Crippen molar-refractivity contribution in [2.75, 3.05) is 13.6 Å². The third-order valence-corrected chi connectivity index (χ3v) is 5.82. The van der Waals surface area contributed by atoms with Crippen LogP contribution in [0.5, 0.6) is 0 Å². The van der Waals surface area contributed by atoms with Gasteiger partial charge in [-0.3, -0.25) is 4.99 Å². The van der Waals surface area contributed by atoms with Crippen molar-refractivity contribution in [2.24, 2.45) is 10.1 Å². The predicted molar refractivity (Wildman–Crippen MR) is 108 cm³/mol. The van der Waals surface area contributed by atoms with E-state index >= 15 is 0 Å². The fourth-order valence-corrected chi connectivity index (χ4v) is 4.08. The molecule has 1 atom stereocenters. The van der Waals surface area contributed by atoms with Crippen LogP contribution in [-0.4, -0.2) is 34.0 Å². The molecule has 26 heavy (non-hydrogen) atoms. The molecule has 0 amide bonds. The van der Waals surface area contributed by atoms with Crippen molar-refractivity contribution in [2.45, 2.75) is 37.6 Å². The molecule has 0 fully saturated rings. The molecule has 0 saturated carbocycles. The number of rotatable bonds is 7. The van der Waals surface area contributed by atoms with Crippen LogP contribution < -0.4 is 15.8 Å². The van der Waals surface area contributed by atoms with E-state index in [2.05, 4.69) is 41.6 Å². The Labute approximate surface area is 159 Å². The van der Waals surface area contributed by atoms with Crippen LogP contribution in [0, 0.1) is 6.92 Å². The molecule has 0 radical (unpaired) electrons. The molecular formula is C18H26N4O2S2. The van der Waals surface area contributed by atoms with Gasteiger partial charge in [0.25, 0.3) is 0 Å². The number of sulfonamides is 1. The Kier molecular flexibility index (Phi) is 7.19. The Morgan fingerprint density at radius 1 is 1.23 bits per heavy atom. The molecule has 0 aliphatic heterocycles. The second-order valence-corrected chi connectivity index (χ2v) is 9.13. The van der Waals surface area contributed by atoms with Crippen LogP contribution in [0.25, 0.3) is 0 Å². The lowest BCUT2D eigenvalue weighted by Gasteiger charge is -2.17. The van der Waals surface area contributed by atoms with Crippen molar-refractivity contribution in [3.63, 3.8) is 0 Å². The first-order chi connectivity index (χ1) is 12.3. The Hall–Kier alpha value is -1.90.